The normalized spacial score (nSPS) is 8.11. The number of rotatable bonds is 2. The summed E-state index contributed by atoms with van der Waals surface area (Å²) < 4.78 is 0. The molecule has 0 aliphatic rings. The van der Waals surface area contributed by atoms with Crippen molar-refractivity contribution in [1.82, 2.24) is 0 Å². The van der Waals surface area contributed by atoms with Gasteiger partial charge in [0.2, 0.25) is 0 Å². The number of halogens is 2. The molecule has 0 N–H and O–H groups in total. The SMILES string of the molecule is BrCCBr.C=CC(C)C. The van der Waals surface area contributed by atoms with Crippen LogP contribution < -0.4 is 0 Å². The molecular formula is C7H14Br2. The van der Waals surface area contributed by atoms with Crippen molar-refractivity contribution in [2.45, 2.75) is 13.8 Å². The second kappa shape index (κ2) is 11.5. The van der Waals surface area contributed by atoms with Crippen molar-refractivity contribution in [1.29, 1.82) is 0 Å². The molecule has 0 aromatic heterocycles. The molecule has 0 aromatic rings. The molecule has 0 spiro atoms. The van der Waals surface area contributed by atoms with Gasteiger partial charge < -0.3 is 0 Å². The summed E-state index contributed by atoms with van der Waals surface area (Å²) in [7, 11) is 0. The lowest BCUT2D eigenvalue weighted by molar-refractivity contribution is 0.835. The van der Waals surface area contributed by atoms with Crippen molar-refractivity contribution in [2.24, 2.45) is 5.92 Å². The summed E-state index contributed by atoms with van der Waals surface area (Å²) in [5.41, 5.74) is 0. The number of hydrogen-bond donors (Lipinski definition) is 0. The van der Waals surface area contributed by atoms with Crippen LogP contribution in [0, 0.1) is 5.92 Å². The summed E-state index contributed by atoms with van der Waals surface area (Å²) in [6, 6.07) is 0. The summed E-state index contributed by atoms with van der Waals surface area (Å²) >= 11 is 6.40. The summed E-state index contributed by atoms with van der Waals surface area (Å²) in [5.74, 6) is 0.648. The van der Waals surface area contributed by atoms with E-state index in [-0.39, 0.29) is 0 Å². The van der Waals surface area contributed by atoms with Crippen LogP contribution in [0.25, 0.3) is 0 Å². The molecule has 0 aliphatic carbocycles. The van der Waals surface area contributed by atoms with Gasteiger partial charge in [-0.25, -0.2) is 0 Å². The van der Waals surface area contributed by atoms with Gasteiger partial charge in [0.05, 0.1) is 0 Å². The van der Waals surface area contributed by atoms with Crippen molar-refractivity contribution in [3.05, 3.63) is 12.7 Å². The van der Waals surface area contributed by atoms with Gasteiger partial charge in [0, 0.05) is 10.7 Å². The summed E-state index contributed by atoms with van der Waals surface area (Å²) in [6.07, 6.45) is 1.92. The largest absolute Gasteiger partial charge is 0.103 e. The molecule has 56 valence electrons. The van der Waals surface area contributed by atoms with Gasteiger partial charge in [0.1, 0.15) is 0 Å². The van der Waals surface area contributed by atoms with Gasteiger partial charge in [-0.3, -0.25) is 0 Å². The van der Waals surface area contributed by atoms with E-state index in [0.717, 1.165) is 10.7 Å². The Balaban J connectivity index is 0. The minimum Gasteiger partial charge on any atom is -0.103 e. The number of allylic oxidation sites excluding steroid dienone is 1. The highest BCUT2D eigenvalue weighted by Gasteiger charge is 1.73. The second-order valence-corrected chi connectivity index (χ2v) is 3.44. The molecule has 0 nitrogen and oxygen atoms in total. The molecule has 0 saturated heterocycles. The van der Waals surface area contributed by atoms with Crippen molar-refractivity contribution in [2.75, 3.05) is 10.7 Å². The Morgan fingerprint density at radius 3 is 1.56 bits per heavy atom. The minimum absolute atomic E-state index is 0.648. The predicted octanol–water partition coefficient (Wildman–Crippen LogP) is 3.60. The molecule has 0 saturated carbocycles. The van der Waals surface area contributed by atoms with Crippen LogP contribution in [0.4, 0.5) is 0 Å². The Kier molecular flexibility index (Phi) is 15.8. The molecule has 0 atom stereocenters. The van der Waals surface area contributed by atoms with Crippen molar-refractivity contribution in [3.63, 3.8) is 0 Å². The highest BCUT2D eigenvalue weighted by Crippen LogP contribution is 1.87. The van der Waals surface area contributed by atoms with Crippen molar-refractivity contribution in [3.8, 4) is 0 Å². The van der Waals surface area contributed by atoms with Crippen LogP contribution in [-0.4, -0.2) is 10.7 Å². The first-order chi connectivity index (χ1) is 4.18. The van der Waals surface area contributed by atoms with E-state index in [4.69, 9.17) is 0 Å². The standard InChI is InChI=1S/C5H10.C2H4Br2/c1-4-5(2)3;3-1-2-4/h4-5H,1H2,2-3H3;1-2H2. The van der Waals surface area contributed by atoms with E-state index in [2.05, 4.69) is 52.3 Å². The van der Waals surface area contributed by atoms with E-state index in [1.807, 2.05) is 6.08 Å². The highest BCUT2D eigenvalue weighted by atomic mass is 79.9. The highest BCUT2D eigenvalue weighted by molar-refractivity contribution is 9.11. The third-order valence-electron chi connectivity index (χ3n) is 0.543. The molecule has 0 fully saturated rings. The Bertz CT molecular complexity index is 48.9. The molecule has 0 radical (unpaired) electrons. The van der Waals surface area contributed by atoms with E-state index in [0.29, 0.717) is 5.92 Å². The molecule has 0 amide bonds. The van der Waals surface area contributed by atoms with Crippen LogP contribution in [0.15, 0.2) is 12.7 Å². The molecule has 0 aromatic carbocycles. The first-order valence-electron chi connectivity index (χ1n) is 2.93. The van der Waals surface area contributed by atoms with Crippen LogP contribution in [-0.2, 0) is 0 Å². The first-order valence-corrected chi connectivity index (χ1v) is 5.17. The van der Waals surface area contributed by atoms with Gasteiger partial charge in [-0.1, -0.05) is 51.8 Å². The first kappa shape index (κ1) is 12.4. The Morgan fingerprint density at radius 2 is 1.56 bits per heavy atom. The smallest absolute Gasteiger partial charge is 0.0129 e. The van der Waals surface area contributed by atoms with Crippen molar-refractivity contribution < 1.29 is 0 Å². The third kappa shape index (κ3) is 28.5. The quantitative estimate of drug-likeness (QED) is 0.524. The lowest BCUT2D eigenvalue weighted by Gasteiger charge is -1.84. The maximum Gasteiger partial charge on any atom is 0.0129 e. The van der Waals surface area contributed by atoms with Crippen LogP contribution in [0.1, 0.15) is 13.8 Å². The molecule has 0 aliphatic heterocycles. The zero-order valence-electron chi connectivity index (χ0n) is 6.03. The molecular weight excluding hydrogens is 244 g/mol. The fraction of sp³-hybridized carbons (Fsp3) is 0.714. The second-order valence-electron chi connectivity index (χ2n) is 1.86. The van der Waals surface area contributed by atoms with Crippen LogP contribution >= 0.6 is 31.9 Å². The molecule has 0 rings (SSSR count). The molecule has 9 heavy (non-hydrogen) atoms. The Hall–Kier alpha value is 0.700. The fourth-order valence-corrected chi connectivity index (χ4v) is 0. The lowest BCUT2D eigenvalue weighted by atomic mass is 10.2. The predicted molar refractivity (Wildman–Crippen MR) is 52.6 cm³/mol. The van der Waals surface area contributed by atoms with Gasteiger partial charge in [0.25, 0.3) is 0 Å². The van der Waals surface area contributed by atoms with Crippen LogP contribution in [0.5, 0.6) is 0 Å². The van der Waals surface area contributed by atoms with Gasteiger partial charge in [0.15, 0.2) is 0 Å². The van der Waals surface area contributed by atoms with Crippen LogP contribution in [0.3, 0.4) is 0 Å². The molecule has 0 bridgehead atoms. The summed E-state index contributed by atoms with van der Waals surface area (Å²) in [6.45, 7) is 7.77. The minimum atomic E-state index is 0.648. The Morgan fingerprint density at radius 1 is 1.33 bits per heavy atom. The zero-order valence-corrected chi connectivity index (χ0v) is 9.20. The number of alkyl halides is 2. The van der Waals surface area contributed by atoms with E-state index < -0.39 is 0 Å². The monoisotopic (exact) mass is 256 g/mol. The third-order valence-corrected chi connectivity index (χ3v) is 2.40. The topological polar surface area (TPSA) is 0 Å². The number of hydrogen-bond acceptors (Lipinski definition) is 0. The van der Waals surface area contributed by atoms with Crippen LogP contribution in [0.2, 0.25) is 0 Å². The average Bonchev–Trinajstić information content (AvgIpc) is 1.89. The lowest BCUT2D eigenvalue weighted by Crippen LogP contribution is -1.71. The summed E-state index contributed by atoms with van der Waals surface area (Å²) in [4.78, 5) is 0. The summed E-state index contributed by atoms with van der Waals surface area (Å²) in [5, 5.41) is 2.10. The van der Waals surface area contributed by atoms with E-state index >= 15 is 0 Å². The average molecular weight is 258 g/mol. The van der Waals surface area contributed by atoms with Crippen molar-refractivity contribution >= 4 is 31.9 Å². The molecule has 2 heteroatoms. The fourth-order valence-electron chi connectivity index (χ4n) is 0. The van der Waals surface area contributed by atoms with E-state index in [1.165, 1.54) is 0 Å². The maximum atomic E-state index is 3.56. The maximum absolute atomic E-state index is 3.56. The van der Waals surface area contributed by atoms with E-state index in [1.54, 1.807) is 0 Å². The van der Waals surface area contributed by atoms with E-state index in [9.17, 15) is 0 Å². The van der Waals surface area contributed by atoms with Gasteiger partial charge in [-0.15, -0.1) is 6.58 Å². The molecule has 0 unspecified atom stereocenters. The Labute approximate surface area is 75.0 Å². The molecule has 0 heterocycles. The van der Waals surface area contributed by atoms with Gasteiger partial charge in [-0.2, -0.15) is 0 Å². The zero-order chi connectivity index (χ0) is 7.70. The van der Waals surface area contributed by atoms with Gasteiger partial charge >= 0.3 is 0 Å². The van der Waals surface area contributed by atoms with Gasteiger partial charge in [-0.05, 0) is 5.92 Å².